The molecule has 0 radical (unpaired) electrons. The molecule has 0 N–H and O–H groups in total. The summed E-state index contributed by atoms with van der Waals surface area (Å²) in [7, 11) is 0. The zero-order valence-corrected chi connectivity index (χ0v) is 15.3. The molecule has 1 aliphatic heterocycles. The molecule has 0 aromatic carbocycles. The van der Waals surface area contributed by atoms with Crippen LogP contribution >= 0.6 is 11.3 Å². The van der Waals surface area contributed by atoms with E-state index in [1.165, 1.54) is 4.88 Å². The standard InChI is InChI=1S/C18H24N2O3S/c1-18(2,3)15-11-19-16(23-15)6-7-17(21)20-8-9-22-13(12-20)14-5-4-10-24-14/h4-5,10-11,13H,6-9,12H2,1-3H3/t13-/m1/s1. The second-order valence-electron chi connectivity index (χ2n) is 7.08. The van der Waals surface area contributed by atoms with Gasteiger partial charge in [-0.25, -0.2) is 4.98 Å². The first kappa shape index (κ1) is 17.2. The smallest absolute Gasteiger partial charge is 0.223 e. The number of hydrogen-bond acceptors (Lipinski definition) is 5. The Labute approximate surface area is 146 Å². The van der Waals surface area contributed by atoms with Crippen LogP contribution in [0.25, 0.3) is 0 Å². The van der Waals surface area contributed by atoms with Crippen LogP contribution in [0.2, 0.25) is 0 Å². The Morgan fingerprint density at radius 3 is 2.96 bits per heavy atom. The molecule has 0 spiro atoms. The molecule has 130 valence electrons. The van der Waals surface area contributed by atoms with Crippen LogP contribution in [0.15, 0.2) is 28.1 Å². The maximum absolute atomic E-state index is 12.5. The predicted molar refractivity (Wildman–Crippen MR) is 93.1 cm³/mol. The lowest BCUT2D eigenvalue weighted by Gasteiger charge is -2.32. The first-order chi connectivity index (χ1) is 11.4. The van der Waals surface area contributed by atoms with Crippen LogP contribution in [-0.2, 0) is 21.4 Å². The molecule has 1 fully saturated rings. The van der Waals surface area contributed by atoms with E-state index in [0.29, 0.717) is 38.4 Å². The Morgan fingerprint density at radius 2 is 2.29 bits per heavy atom. The second-order valence-corrected chi connectivity index (χ2v) is 8.06. The molecule has 2 aromatic heterocycles. The summed E-state index contributed by atoms with van der Waals surface area (Å²) in [4.78, 5) is 19.9. The quantitative estimate of drug-likeness (QED) is 0.848. The van der Waals surface area contributed by atoms with Crippen molar-refractivity contribution in [2.45, 2.75) is 45.1 Å². The Bertz CT molecular complexity index is 673. The van der Waals surface area contributed by atoms with E-state index in [1.807, 2.05) is 16.3 Å². The van der Waals surface area contributed by atoms with E-state index in [-0.39, 0.29) is 17.4 Å². The van der Waals surface area contributed by atoms with Crippen molar-refractivity contribution >= 4 is 17.2 Å². The predicted octanol–water partition coefficient (Wildman–Crippen LogP) is 3.57. The third kappa shape index (κ3) is 4.05. The number of ether oxygens (including phenoxy) is 1. The summed E-state index contributed by atoms with van der Waals surface area (Å²) in [6.45, 7) is 8.11. The number of nitrogens with zero attached hydrogens (tertiary/aromatic N) is 2. The van der Waals surface area contributed by atoms with Crippen LogP contribution in [0.4, 0.5) is 0 Å². The van der Waals surface area contributed by atoms with Gasteiger partial charge in [-0.05, 0) is 11.4 Å². The number of carbonyl (C=O) groups excluding carboxylic acids is 1. The number of amides is 1. The molecular formula is C18H24N2O3S. The fourth-order valence-corrected chi connectivity index (χ4v) is 3.43. The summed E-state index contributed by atoms with van der Waals surface area (Å²) in [5.41, 5.74) is -0.0621. The van der Waals surface area contributed by atoms with E-state index in [0.717, 1.165) is 5.76 Å². The maximum Gasteiger partial charge on any atom is 0.223 e. The van der Waals surface area contributed by atoms with Gasteiger partial charge in [-0.2, -0.15) is 0 Å². The van der Waals surface area contributed by atoms with E-state index in [9.17, 15) is 4.79 Å². The zero-order valence-electron chi connectivity index (χ0n) is 14.4. The third-order valence-corrected chi connectivity index (χ3v) is 5.09. The highest BCUT2D eigenvalue weighted by molar-refractivity contribution is 7.10. The van der Waals surface area contributed by atoms with Gasteiger partial charge in [0.1, 0.15) is 11.9 Å². The Morgan fingerprint density at radius 1 is 1.46 bits per heavy atom. The molecule has 0 aliphatic carbocycles. The Hall–Kier alpha value is -1.66. The minimum Gasteiger partial charge on any atom is -0.445 e. The lowest BCUT2D eigenvalue weighted by Crippen LogP contribution is -2.42. The Kier molecular flexibility index (Phi) is 5.06. The summed E-state index contributed by atoms with van der Waals surface area (Å²) in [5, 5.41) is 2.04. The molecule has 0 bridgehead atoms. The van der Waals surface area contributed by atoms with Crippen molar-refractivity contribution in [2.75, 3.05) is 19.7 Å². The molecule has 0 saturated carbocycles. The van der Waals surface area contributed by atoms with E-state index < -0.39 is 0 Å². The van der Waals surface area contributed by atoms with Gasteiger partial charge in [-0.3, -0.25) is 4.79 Å². The number of hydrogen-bond donors (Lipinski definition) is 0. The lowest BCUT2D eigenvalue weighted by atomic mass is 9.94. The van der Waals surface area contributed by atoms with Crippen molar-refractivity contribution in [1.29, 1.82) is 0 Å². The van der Waals surface area contributed by atoms with E-state index in [2.05, 4.69) is 31.8 Å². The summed E-state index contributed by atoms with van der Waals surface area (Å²) < 4.78 is 11.6. The molecule has 5 nitrogen and oxygen atoms in total. The number of aryl methyl sites for hydroxylation is 1. The molecular weight excluding hydrogens is 324 g/mol. The third-order valence-electron chi connectivity index (χ3n) is 4.13. The molecule has 1 atom stereocenters. The first-order valence-electron chi connectivity index (χ1n) is 8.31. The number of aromatic nitrogens is 1. The number of carbonyl (C=O) groups is 1. The van der Waals surface area contributed by atoms with Gasteiger partial charge >= 0.3 is 0 Å². The SMILES string of the molecule is CC(C)(C)c1cnc(CCC(=O)N2CCO[C@@H](c3cccs3)C2)o1. The van der Waals surface area contributed by atoms with E-state index >= 15 is 0 Å². The topological polar surface area (TPSA) is 55.6 Å². The van der Waals surface area contributed by atoms with Gasteiger partial charge in [-0.1, -0.05) is 26.8 Å². The summed E-state index contributed by atoms with van der Waals surface area (Å²) in [6, 6.07) is 4.07. The van der Waals surface area contributed by atoms with E-state index in [1.54, 1.807) is 17.5 Å². The lowest BCUT2D eigenvalue weighted by molar-refractivity contribution is -0.138. The highest BCUT2D eigenvalue weighted by Gasteiger charge is 2.26. The monoisotopic (exact) mass is 348 g/mol. The molecule has 6 heteroatoms. The average molecular weight is 348 g/mol. The van der Waals surface area contributed by atoms with Gasteiger partial charge in [0.05, 0.1) is 19.3 Å². The Balaban J connectivity index is 1.54. The fourth-order valence-electron chi connectivity index (χ4n) is 2.67. The van der Waals surface area contributed by atoms with Gasteiger partial charge in [0, 0.05) is 29.7 Å². The van der Waals surface area contributed by atoms with Crippen LogP contribution < -0.4 is 0 Å². The molecule has 1 amide bonds. The number of rotatable bonds is 4. The highest BCUT2D eigenvalue weighted by Crippen LogP contribution is 2.27. The van der Waals surface area contributed by atoms with Crippen molar-refractivity contribution in [2.24, 2.45) is 0 Å². The fraction of sp³-hybridized carbons (Fsp3) is 0.556. The minimum atomic E-state index is -0.0621. The van der Waals surface area contributed by atoms with Gasteiger partial charge < -0.3 is 14.1 Å². The van der Waals surface area contributed by atoms with Crippen molar-refractivity contribution in [3.63, 3.8) is 0 Å². The van der Waals surface area contributed by atoms with Crippen molar-refractivity contribution in [1.82, 2.24) is 9.88 Å². The minimum absolute atomic E-state index is 0.00284. The summed E-state index contributed by atoms with van der Waals surface area (Å²) in [5.74, 6) is 1.63. The first-order valence-corrected chi connectivity index (χ1v) is 9.19. The van der Waals surface area contributed by atoms with Crippen molar-refractivity contribution in [3.8, 4) is 0 Å². The van der Waals surface area contributed by atoms with Gasteiger partial charge in [0.15, 0.2) is 5.89 Å². The van der Waals surface area contributed by atoms with Crippen LogP contribution in [-0.4, -0.2) is 35.5 Å². The molecule has 1 saturated heterocycles. The number of oxazole rings is 1. The van der Waals surface area contributed by atoms with Gasteiger partial charge in [0.25, 0.3) is 0 Å². The van der Waals surface area contributed by atoms with Crippen LogP contribution in [0, 0.1) is 0 Å². The highest BCUT2D eigenvalue weighted by atomic mass is 32.1. The van der Waals surface area contributed by atoms with Crippen molar-refractivity contribution in [3.05, 3.63) is 40.2 Å². The van der Waals surface area contributed by atoms with Crippen LogP contribution in [0.3, 0.4) is 0 Å². The molecule has 24 heavy (non-hydrogen) atoms. The summed E-state index contributed by atoms with van der Waals surface area (Å²) >= 11 is 1.67. The van der Waals surface area contributed by atoms with Crippen LogP contribution in [0.5, 0.6) is 0 Å². The van der Waals surface area contributed by atoms with Gasteiger partial charge in [0.2, 0.25) is 5.91 Å². The number of thiophene rings is 1. The molecule has 3 heterocycles. The largest absolute Gasteiger partial charge is 0.445 e. The summed E-state index contributed by atoms with van der Waals surface area (Å²) in [6.07, 6.45) is 2.72. The van der Waals surface area contributed by atoms with Gasteiger partial charge in [-0.15, -0.1) is 11.3 Å². The zero-order chi connectivity index (χ0) is 17.2. The maximum atomic E-state index is 12.5. The second kappa shape index (κ2) is 7.07. The molecule has 1 aliphatic rings. The molecule has 3 rings (SSSR count). The van der Waals surface area contributed by atoms with E-state index in [4.69, 9.17) is 9.15 Å². The molecule has 0 unspecified atom stereocenters. The molecule has 2 aromatic rings. The average Bonchev–Trinajstić information content (AvgIpc) is 3.23. The normalized spacial score (nSPS) is 18.8. The number of morpholine rings is 1. The van der Waals surface area contributed by atoms with Crippen molar-refractivity contribution < 1.29 is 13.9 Å². The van der Waals surface area contributed by atoms with Crippen LogP contribution in [0.1, 0.15) is 49.8 Å².